The van der Waals surface area contributed by atoms with E-state index in [-0.39, 0.29) is 30.3 Å². The van der Waals surface area contributed by atoms with Gasteiger partial charge in [0.15, 0.2) is 0 Å². The molecule has 1 aliphatic rings. The minimum absolute atomic E-state index is 0. The van der Waals surface area contributed by atoms with E-state index in [0.717, 1.165) is 25.1 Å². The van der Waals surface area contributed by atoms with E-state index < -0.39 is 0 Å². The zero-order chi connectivity index (χ0) is 14.7. The first-order chi connectivity index (χ1) is 9.49. The van der Waals surface area contributed by atoms with Gasteiger partial charge in [-0.1, -0.05) is 13.8 Å². The van der Waals surface area contributed by atoms with Gasteiger partial charge in [0.2, 0.25) is 0 Å². The molecule has 1 aromatic heterocycles. The van der Waals surface area contributed by atoms with Crippen molar-refractivity contribution in [1.29, 1.82) is 0 Å². The van der Waals surface area contributed by atoms with Gasteiger partial charge < -0.3 is 10.6 Å². The maximum absolute atomic E-state index is 12.5. The Morgan fingerprint density at radius 1 is 1.48 bits per heavy atom. The van der Waals surface area contributed by atoms with Crippen LogP contribution in [0.2, 0.25) is 0 Å². The molecule has 0 saturated carbocycles. The molecule has 5 nitrogen and oxygen atoms in total. The molecule has 21 heavy (non-hydrogen) atoms. The zero-order valence-electron chi connectivity index (χ0n) is 13.1. The molecule has 6 heteroatoms. The highest BCUT2D eigenvalue weighted by atomic mass is 35.5. The summed E-state index contributed by atoms with van der Waals surface area (Å²) in [5, 5.41) is 6.51. The van der Waals surface area contributed by atoms with Crippen LogP contribution in [0, 0.1) is 6.92 Å². The van der Waals surface area contributed by atoms with Gasteiger partial charge in [-0.05, 0) is 39.2 Å². The van der Waals surface area contributed by atoms with Crippen LogP contribution in [0.15, 0.2) is 6.20 Å². The van der Waals surface area contributed by atoms with Crippen molar-refractivity contribution in [2.45, 2.75) is 58.5 Å². The normalized spacial score (nSPS) is 21.8. The molecular formula is C15H25ClN4O. The first-order valence-electron chi connectivity index (χ1n) is 7.37. The van der Waals surface area contributed by atoms with E-state index in [0.29, 0.717) is 17.4 Å². The predicted octanol–water partition coefficient (Wildman–Crippen LogP) is 2.20. The number of aromatic nitrogens is 2. The zero-order valence-corrected chi connectivity index (χ0v) is 14.0. The monoisotopic (exact) mass is 312 g/mol. The lowest BCUT2D eigenvalue weighted by Crippen LogP contribution is -2.52. The molecule has 1 amide bonds. The molecule has 118 valence electrons. The highest BCUT2D eigenvalue weighted by Gasteiger charge is 2.24. The third-order valence-corrected chi connectivity index (χ3v) is 3.81. The maximum Gasteiger partial charge on any atom is 0.254 e. The Kier molecular flexibility index (Phi) is 6.55. The Bertz CT molecular complexity index is 493. The highest BCUT2D eigenvalue weighted by molar-refractivity contribution is 5.95. The molecule has 1 aliphatic heterocycles. The van der Waals surface area contributed by atoms with E-state index in [2.05, 4.69) is 27.5 Å². The average Bonchev–Trinajstić information content (AvgIpc) is 2.41. The quantitative estimate of drug-likeness (QED) is 0.898. The van der Waals surface area contributed by atoms with Gasteiger partial charge >= 0.3 is 0 Å². The van der Waals surface area contributed by atoms with Crippen LogP contribution in [-0.2, 0) is 0 Å². The fourth-order valence-corrected chi connectivity index (χ4v) is 2.59. The SMILES string of the molecule is Cc1ncc(C(=O)NC2CCCNC2C)c(C(C)C)n1.Cl. The Balaban J connectivity index is 0.00000220. The van der Waals surface area contributed by atoms with E-state index in [1.165, 1.54) is 0 Å². The lowest BCUT2D eigenvalue weighted by molar-refractivity contribution is 0.0917. The molecular weight excluding hydrogens is 288 g/mol. The second-order valence-electron chi connectivity index (χ2n) is 5.84. The van der Waals surface area contributed by atoms with Crippen LogP contribution in [0.5, 0.6) is 0 Å². The fraction of sp³-hybridized carbons (Fsp3) is 0.667. The molecule has 1 saturated heterocycles. The molecule has 0 aliphatic carbocycles. The molecule has 1 fully saturated rings. The third-order valence-electron chi connectivity index (χ3n) is 3.81. The third kappa shape index (κ3) is 4.38. The van der Waals surface area contributed by atoms with Gasteiger partial charge in [0.1, 0.15) is 5.82 Å². The number of nitrogens with one attached hydrogen (secondary N) is 2. The van der Waals surface area contributed by atoms with Crippen molar-refractivity contribution in [3.63, 3.8) is 0 Å². The van der Waals surface area contributed by atoms with Gasteiger partial charge in [-0.25, -0.2) is 9.97 Å². The number of nitrogens with zero attached hydrogens (tertiary/aromatic N) is 2. The van der Waals surface area contributed by atoms with Crippen molar-refractivity contribution >= 4 is 18.3 Å². The van der Waals surface area contributed by atoms with Crippen molar-refractivity contribution < 1.29 is 4.79 Å². The second-order valence-corrected chi connectivity index (χ2v) is 5.84. The van der Waals surface area contributed by atoms with Crippen LogP contribution in [-0.4, -0.2) is 34.5 Å². The topological polar surface area (TPSA) is 66.9 Å². The lowest BCUT2D eigenvalue weighted by Gasteiger charge is -2.30. The van der Waals surface area contributed by atoms with Gasteiger partial charge in [-0.3, -0.25) is 4.79 Å². The van der Waals surface area contributed by atoms with Gasteiger partial charge in [0.25, 0.3) is 5.91 Å². The van der Waals surface area contributed by atoms with E-state index in [1.54, 1.807) is 6.20 Å². The van der Waals surface area contributed by atoms with Crippen molar-refractivity contribution in [2.24, 2.45) is 0 Å². The summed E-state index contributed by atoms with van der Waals surface area (Å²) >= 11 is 0. The minimum Gasteiger partial charge on any atom is -0.348 e. The number of rotatable bonds is 3. The molecule has 0 bridgehead atoms. The summed E-state index contributed by atoms with van der Waals surface area (Å²) in [5.41, 5.74) is 1.43. The Morgan fingerprint density at radius 2 is 2.19 bits per heavy atom. The minimum atomic E-state index is -0.0609. The average molecular weight is 313 g/mol. The number of piperidine rings is 1. The molecule has 0 radical (unpaired) electrons. The largest absolute Gasteiger partial charge is 0.348 e. The fourth-order valence-electron chi connectivity index (χ4n) is 2.59. The number of hydrogen-bond donors (Lipinski definition) is 2. The van der Waals surface area contributed by atoms with Gasteiger partial charge in [0.05, 0.1) is 11.3 Å². The van der Waals surface area contributed by atoms with Gasteiger partial charge in [-0.15, -0.1) is 12.4 Å². The maximum atomic E-state index is 12.5. The van der Waals surface area contributed by atoms with E-state index >= 15 is 0 Å². The first kappa shape index (κ1) is 17.9. The van der Waals surface area contributed by atoms with Crippen LogP contribution < -0.4 is 10.6 Å². The second kappa shape index (κ2) is 7.71. The van der Waals surface area contributed by atoms with Gasteiger partial charge in [-0.2, -0.15) is 0 Å². The Labute approximate surface area is 132 Å². The van der Waals surface area contributed by atoms with Crippen molar-refractivity contribution in [3.05, 3.63) is 23.3 Å². The lowest BCUT2D eigenvalue weighted by atomic mass is 9.98. The molecule has 1 aromatic rings. The summed E-state index contributed by atoms with van der Waals surface area (Å²) < 4.78 is 0. The Hall–Kier alpha value is -1.20. The number of carbonyl (C=O) groups is 1. The summed E-state index contributed by atoms with van der Waals surface area (Å²) in [4.78, 5) is 21.1. The van der Waals surface area contributed by atoms with E-state index in [4.69, 9.17) is 0 Å². The van der Waals surface area contributed by atoms with E-state index in [9.17, 15) is 4.79 Å². The summed E-state index contributed by atoms with van der Waals surface area (Å²) in [6.45, 7) is 9.07. The van der Waals surface area contributed by atoms with Crippen molar-refractivity contribution in [2.75, 3.05) is 6.54 Å². The van der Waals surface area contributed by atoms with Crippen LogP contribution in [0.4, 0.5) is 0 Å². The smallest absolute Gasteiger partial charge is 0.254 e. The molecule has 2 unspecified atom stereocenters. The summed E-state index contributed by atoms with van der Waals surface area (Å²) in [6.07, 6.45) is 3.76. The summed E-state index contributed by atoms with van der Waals surface area (Å²) in [5.74, 6) is 0.853. The molecule has 2 heterocycles. The standard InChI is InChI=1S/C15H24N4O.ClH/c1-9(2)14-12(8-17-11(4)18-14)15(20)19-13-6-5-7-16-10(13)3;/h8-10,13,16H,5-7H2,1-4H3,(H,19,20);1H. The van der Waals surface area contributed by atoms with E-state index in [1.807, 2.05) is 20.8 Å². The number of aryl methyl sites for hydroxylation is 1. The number of amides is 1. The van der Waals surface area contributed by atoms with Crippen LogP contribution in [0.25, 0.3) is 0 Å². The molecule has 2 N–H and O–H groups in total. The predicted molar refractivity (Wildman–Crippen MR) is 86.1 cm³/mol. The van der Waals surface area contributed by atoms with Crippen LogP contribution in [0.1, 0.15) is 61.4 Å². The highest BCUT2D eigenvalue weighted by Crippen LogP contribution is 2.17. The first-order valence-corrected chi connectivity index (χ1v) is 7.37. The molecule has 0 spiro atoms. The molecule has 2 rings (SSSR count). The molecule has 0 aromatic carbocycles. The van der Waals surface area contributed by atoms with Gasteiger partial charge in [0, 0.05) is 18.3 Å². The van der Waals surface area contributed by atoms with Crippen molar-refractivity contribution in [3.8, 4) is 0 Å². The number of halogens is 1. The number of carbonyl (C=O) groups excluding carboxylic acids is 1. The van der Waals surface area contributed by atoms with Crippen molar-refractivity contribution in [1.82, 2.24) is 20.6 Å². The molecule has 2 atom stereocenters. The summed E-state index contributed by atoms with van der Waals surface area (Å²) in [7, 11) is 0. The number of hydrogen-bond acceptors (Lipinski definition) is 4. The van der Waals surface area contributed by atoms with Crippen LogP contribution >= 0.6 is 12.4 Å². The Morgan fingerprint density at radius 3 is 2.81 bits per heavy atom. The van der Waals surface area contributed by atoms with Crippen LogP contribution in [0.3, 0.4) is 0 Å². The summed E-state index contributed by atoms with van der Waals surface area (Å²) in [6, 6.07) is 0.485.